The van der Waals surface area contributed by atoms with Gasteiger partial charge < -0.3 is 15.4 Å². The van der Waals surface area contributed by atoms with E-state index in [0.29, 0.717) is 17.0 Å². The molecule has 2 rings (SSSR count). The molecule has 0 unspecified atom stereocenters. The van der Waals surface area contributed by atoms with E-state index < -0.39 is 11.6 Å². The Bertz CT molecular complexity index is 595. The SMILES string of the molecule is CN(C)c1ccc(N)c(OCc2cc(F)cc(F)c2)c1. The fraction of sp³-hybridized carbons (Fsp3) is 0.200. The topological polar surface area (TPSA) is 38.5 Å². The van der Waals surface area contributed by atoms with Crippen molar-refractivity contribution in [3.63, 3.8) is 0 Å². The number of hydrogen-bond donors (Lipinski definition) is 1. The third-order valence-electron chi connectivity index (χ3n) is 2.83. The normalized spacial score (nSPS) is 10.4. The van der Waals surface area contributed by atoms with E-state index in [9.17, 15) is 8.78 Å². The quantitative estimate of drug-likeness (QED) is 0.873. The molecular weight excluding hydrogens is 262 g/mol. The van der Waals surface area contributed by atoms with Gasteiger partial charge >= 0.3 is 0 Å². The summed E-state index contributed by atoms with van der Waals surface area (Å²) in [4.78, 5) is 1.91. The van der Waals surface area contributed by atoms with Gasteiger partial charge in [-0.3, -0.25) is 0 Å². The molecule has 3 nitrogen and oxygen atoms in total. The van der Waals surface area contributed by atoms with E-state index in [1.165, 1.54) is 12.1 Å². The Hall–Kier alpha value is -2.30. The fourth-order valence-corrected chi connectivity index (χ4v) is 1.78. The van der Waals surface area contributed by atoms with Crippen molar-refractivity contribution in [2.45, 2.75) is 6.61 Å². The van der Waals surface area contributed by atoms with Crippen LogP contribution >= 0.6 is 0 Å². The lowest BCUT2D eigenvalue weighted by atomic mass is 10.2. The van der Waals surface area contributed by atoms with Crippen LogP contribution in [-0.4, -0.2) is 14.1 Å². The molecule has 0 aliphatic rings. The monoisotopic (exact) mass is 278 g/mol. The summed E-state index contributed by atoms with van der Waals surface area (Å²) in [6.07, 6.45) is 0. The number of nitrogens with zero attached hydrogens (tertiary/aromatic N) is 1. The van der Waals surface area contributed by atoms with Crippen molar-refractivity contribution in [2.24, 2.45) is 0 Å². The summed E-state index contributed by atoms with van der Waals surface area (Å²) < 4.78 is 31.7. The highest BCUT2D eigenvalue weighted by Gasteiger charge is 2.06. The maximum atomic E-state index is 13.1. The zero-order chi connectivity index (χ0) is 14.7. The zero-order valence-electron chi connectivity index (χ0n) is 11.4. The number of benzene rings is 2. The Morgan fingerprint density at radius 2 is 1.70 bits per heavy atom. The number of halogens is 2. The van der Waals surface area contributed by atoms with Gasteiger partial charge in [0.15, 0.2) is 0 Å². The van der Waals surface area contributed by atoms with Gasteiger partial charge in [0.05, 0.1) is 5.69 Å². The van der Waals surface area contributed by atoms with Crippen LogP contribution in [0.15, 0.2) is 36.4 Å². The number of nitrogen functional groups attached to an aromatic ring is 1. The molecule has 0 saturated heterocycles. The van der Waals surface area contributed by atoms with E-state index in [0.717, 1.165) is 11.8 Å². The van der Waals surface area contributed by atoms with Gasteiger partial charge in [0.1, 0.15) is 24.0 Å². The molecule has 0 amide bonds. The molecule has 0 aliphatic carbocycles. The number of ether oxygens (including phenoxy) is 1. The Labute approximate surface area is 116 Å². The van der Waals surface area contributed by atoms with Gasteiger partial charge in [-0.15, -0.1) is 0 Å². The first-order chi connectivity index (χ1) is 9.45. The molecule has 0 heterocycles. The second-order valence-corrected chi connectivity index (χ2v) is 4.68. The summed E-state index contributed by atoms with van der Waals surface area (Å²) in [6.45, 7) is 0.0514. The fourth-order valence-electron chi connectivity index (χ4n) is 1.78. The van der Waals surface area contributed by atoms with Crippen LogP contribution in [0.4, 0.5) is 20.2 Å². The molecule has 2 aromatic carbocycles. The van der Waals surface area contributed by atoms with Gasteiger partial charge in [0.2, 0.25) is 0 Å². The summed E-state index contributed by atoms with van der Waals surface area (Å²) in [5.41, 5.74) is 7.65. The van der Waals surface area contributed by atoms with E-state index in [1.54, 1.807) is 12.1 Å². The summed E-state index contributed by atoms with van der Waals surface area (Å²) in [5.74, 6) is -0.766. The number of nitrogens with two attached hydrogens (primary N) is 1. The Morgan fingerprint density at radius 1 is 1.05 bits per heavy atom. The molecule has 2 N–H and O–H groups in total. The first kappa shape index (κ1) is 14.1. The average Bonchev–Trinajstić information content (AvgIpc) is 2.36. The van der Waals surface area contributed by atoms with Gasteiger partial charge in [-0.25, -0.2) is 8.78 Å². The van der Waals surface area contributed by atoms with Crippen LogP contribution in [0.5, 0.6) is 5.75 Å². The molecule has 0 saturated carbocycles. The Balaban J connectivity index is 2.16. The lowest BCUT2D eigenvalue weighted by molar-refractivity contribution is 0.306. The molecule has 0 radical (unpaired) electrons. The minimum absolute atomic E-state index is 0.0514. The van der Waals surface area contributed by atoms with E-state index in [1.807, 2.05) is 25.1 Å². The van der Waals surface area contributed by atoms with E-state index in [-0.39, 0.29) is 6.61 Å². The van der Waals surface area contributed by atoms with Crippen molar-refractivity contribution >= 4 is 11.4 Å². The van der Waals surface area contributed by atoms with Crippen molar-refractivity contribution in [3.05, 3.63) is 53.6 Å². The summed E-state index contributed by atoms with van der Waals surface area (Å²) in [5, 5.41) is 0. The van der Waals surface area contributed by atoms with Crippen molar-refractivity contribution in [3.8, 4) is 5.75 Å². The van der Waals surface area contributed by atoms with Crippen molar-refractivity contribution in [2.75, 3.05) is 24.7 Å². The standard InChI is InChI=1S/C15H16F2N2O/c1-19(2)13-3-4-14(18)15(8-13)20-9-10-5-11(16)7-12(17)6-10/h3-8H,9,18H2,1-2H3. The van der Waals surface area contributed by atoms with Gasteiger partial charge in [0, 0.05) is 31.9 Å². The zero-order valence-corrected chi connectivity index (χ0v) is 11.4. The van der Waals surface area contributed by atoms with Gasteiger partial charge in [0.25, 0.3) is 0 Å². The highest BCUT2D eigenvalue weighted by atomic mass is 19.1. The molecule has 0 bridgehead atoms. The van der Waals surface area contributed by atoms with Crippen molar-refractivity contribution < 1.29 is 13.5 Å². The first-order valence-electron chi connectivity index (χ1n) is 6.10. The molecular formula is C15H16F2N2O. The predicted octanol–water partition coefficient (Wildman–Crippen LogP) is 3.19. The van der Waals surface area contributed by atoms with Gasteiger partial charge in [-0.05, 0) is 29.8 Å². The molecule has 0 fully saturated rings. The number of rotatable bonds is 4. The summed E-state index contributed by atoms with van der Waals surface area (Å²) in [6, 6.07) is 8.67. The molecule has 20 heavy (non-hydrogen) atoms. The third kappa shape index (κ3) is 3.38. The van der Waals surface area contributed by atoms with Crippen LogP contribution in [0.1, 0.15) is 5.56 Å². The van der Waals surface area contributed by atoms with Crippen LogP contribution in [-0.2, 0) is 6.61 Å². The molecule has 0 atom stereocenters. The van der Waals surface area contributed by atoms with Crippen LogP contribution in [0.3, 0.4) is 0 Å². The predicted molar refractivity (Wildman–Crippen MR) is 75.9 cm³/mol. The van der Waals surface area contributed by atoms with E-state index in [4.69, 9.17) is 10.5 Å². The summed E-state index contributed by atoms with van der Waals surface area (Å²) in [7, 11) is 3.80. The maximum Gasteiger partial charge on any atom is 0.144 e. The molecule has 0 spiro atoms. The first-order valence-corrected chi connectivity index (χ1v) is 6.10. The Morgan fingerprint density at radius 3 is 2.30 bits per heavy atom. The molecule has 0 aromatic heterocycles. The van der Waals surface area contributed by atoms with Crippen LogP contribution in [0, 0.1) is 11.6 Å². The van der Waals surface area contributed by atoms with Gasteiger partial charge in [-0.2, -0.15) is 0 Å². The molecule has 5 heteroatoms. The smallest absolute Gasteiger partial charge is 0.144 e. The van der Waals surface area contributed by atoms with E-state index in [2.05, 4.69) is 0 Å². The van der Waals surface area contributed by atoms with E-state index >= 15 is 0 Å². The summed E-state index contributed by atoms with van der Waals surface area (Å²) >= 11 is 0. The lowest BCUT2D eigenvalue weighted by Crippen LogP contribution is -2.09. The second kappa shape index (κ2) is 5.77. The highest BCUT2D eigenvalue weighted by Crippen LogP contribution is 2.27. The van der Waals surface area contributed by atoms with Crippen molar-refractivity contribution in [1.82, 2.24) is 0 Å². The minimum atomic E-state index is -0.626. The average molecular weight is 278 g/mol. The Kier molecular flexibility index (Phi) is 4.08. The van der Waals surface area contributed by atoms with Crippen LogP contribution in [0.2, 0.25) is 0 Å². The number of anilines is 2. The molecule has 2 aromatic rings. The number of hydrogen-bond acceptors (Lipinski definition) is 3. The maximum absolute atomic E-state index is 13.1. The largest absolute Gasteiger partial charge is 0.487 e. The second-order valence-electron chi connectivity index (χ2n) is 4.68. The van der Waals surface area contributed by atoms with Gasteiger partial charge in [-0.1, -0.05) is 0 Å². The molecule has 106 valence electrons. The van der Waals surface area contributed by atoms with Crippen molar-refractivity contribution in [1.29, 1.82) is 0 Å². The third-order valence-corrected chi connectivity index (χ3v) is 2.83. The lowest BCUT2D eigenvalue weighted by Gasteiger charge is -2.15. The minimum Gasteiger partial charge on any atom is -0.487 e. The molecule has 0 aliphatic heterocycles. The highest BCUT2D eigenvalue weighted by molar-refractivity contribution is 5.61. The van der Waals surface area contributed by atoms with Crippen LogP contribution < -0.4 is 15.4 Å². The van der Waals surface area contributed by atoms with Crippen LogP contribution in [0.25, 0.3) is 0 Å².